The van der Waals surface area contributed by atoms with Crippen molar-refractivity contribution < 1.29 is 4.79 Å². The van der Waals surface area contributed by atoms with E-state index in [2.05, 4.69) is 33.4 Å². The summed E-state index contributed by atoms with van der Waals surface area (Å²) >= 11 is 0. The number of rotatable bonds is 6. The first kappa shape index (κ1) is 18.2. The molecule has 1 aliphatic carbocycles. The molecule has 2 heterocycles. The molecule has 1 saturated carbocycles. The summed E-state index contributed by atoms with van der Waals surface area (Å²) in [6.45, 7) is 5.50. The average molecular weight is 377 g/mol. The van der Waals surface area contributed by atoms with Gasteiger partial charge in [0.2, 0.25) is 0 Å². The van der Waals surface area contributed by atoms with Crippen LogP contribution in [0.2, 0.25) is 0 Å². The number of H-pyrrole nitrogens is 1. The first-order chi connectivity index (χ1) is 13.4. The zero-order valence-corrected chi connectivity index (χ0v) is 16.0. The van der Waals surface area contributed by atoms with Gasteiger partial charge in [0.05, 0.1) is 17.7 Å². The van der Waals surface area contributed by atoms with Crippen molar-refractivity contribution in [3.05, 3.63) is 70.0 Å². The minimum Gasteiger partial charge on any atom is -0.351 e. The number of benzene rings is 1. The number of carbonyl (C=O) groups excluding carboxylic acids is 1. The van der Waals surface area contributed by atoms with E-state index in [9.17, 15) is 9.59 Å². The Bertz CT molecular complexity index is 1080. The second kappa shape index (κ2) is 7.07. The fraction of sp³-hybridized carbons (Fsp3) is 0.333. The molecule has 144 valence electrons. The zero-order valence-electron chi connectivity index (χ0n) is 16.0. The predicted octanol–water partition coefficient (Wildman–Crippen LogP) is 2.46. The summed E-state index contributed by atoms with van der Waals surface area (Å²) in [7, 11) is 0. The van der Waals surface area contributed by atoms with E-state index < -0.39 is 0 Å². The van der Waals surface area contributed by atoms with Crippen molar-refractivity contribution in [3.8, 4) is 11.3 Å². The molecule has 0 bridgehead atoms. The van der Waals surface area contributed by atoms with Gasteiger partial charge in [-0.3, -0.25) is 14.3 Å². The van der Waals surface area contributed by atoms with Gasteiger partial charge in [0.15, 0.2) is 0 Å². The highest BCUT2D eigenvalue weighted by molar-refractivity contribution is 5.95. The van der Waals surface area contributed by atoms with Crippen molar-refractivity contribution in [1.29, 1.82) is 0 Å². The van der Waals surface area contributed by atoms with Gasteiger partial charge in [-0.15, -0.1) is 0 Å². The van der Waals surface area contributed by atoms with Crippen LogP contribution in [0.25, 0.3) is 11.3 Å². The molecule has 1 aromatic carbocycles. The second-order valence-electron chi connectivity index (χ2n) is 7.64. The Morgan fingerprint density at radius 3 is 2.75 bits per heavy atom. The van der Waals surface area contributed by atoms with Gasteiger partial charge in [0.25, 0.3) is 11.5 Å². The molecule has 4 rings (SSSR count). The summed E-state index contributed by atoms with van der Waals surface area (Å²) in [5.74, 6) is -0.119. The van der Waals surface area contributed by atoms with E-state index in [1.807, 2.05) is 17.7 Å². The third kappa shape index (κ3) is 3.88. The van der Waals surface area contributed by atoms with Crippen LogP contribution in [0.3, 0.4) is 0 Å². The lowest BCUT2D eigenvalue weighted by Crippen LogP contribution is -2.32. The van der Waals surface area contributed by atoms with Crippen molar-refractivity contribution in [2.75, 3.05) is 6.54 Å². The van der Waals surface area contributed by atoms with Crippen molar-refractivity contribution in [1.82, 2.24) is 25.1 Å². The molecule has 7 nitrogen and oxygen atoms in total. The van der Waals surface area contributed by atoms with Gasteiger partial charge in [-0.2, -0.15) is 5.10 Å². The lowest BCUT2D eigenvalue weighted by molar-refractivity contribution is 0.0942. The van der Waals surface area contributed by atoms with E-state index in [1.165, 1.54) is 12.4 Å². The third-order valence-electron chi connectivity index (χ3n) is 5.27. The van der Waals surface area contributed by atoms with Gasteiger partial charge in [0.1, 0.15) is 0 Å². The normalized spacial score (nSPS) is 14.6. The highest BCUT2D eigenvalue weighted by Gasteiger charge is 2.43. The SMILES string of the molecule is Cc1cc(C)n(CC2(CNC(=O)c3cccc(-c4cc(=O)[nH]cn4)c3)CC2)n1. The van der Waals surface area contributed by atoms with Crippen LogP contribution in [0.1, 0.15) is 34.6 Å². The molecular formula is C21H23N5O2. The maximum absolute atomic E-state index is 12.7. The molecule has 28 heavy (non-hydrogen) atoms. The number of hydrogen-bond donors (Lipinski definition) is 2. The van der Waals surface area contributed by atoms with Crippen LogP contribution in [-0.4, -0.2) is 32.2 Å². The van der Waals surface area contributed by atoms with Crippen LogP contribution in [0.15, 0.2) is 47.5 Å². The maximum Gasteiger partial charge on any atom is 0.251 e. The van der Waals surface area contributed by atoms with Gasteiger partial charge in [-0.25, -0.2) is 4.98 Å². The molecule has 0 atom stereocenters. The van der Waals surface area contributed by atoms with E-state index in [0.29, 0.717) is 17.8 Å². The van der Waals surface area contributed by atoms with E-state index in [4.69, 9.17) is 0 Å². The van der Waals surface area contributed by atoms with Crippen LogP contribution in [0.4, 0.5) is 0 Å². The Labute approximate surface area is 162 Å². The van der Waals surface area contributed by atoms with Crippen LogP contribution in [-0.2, 0) is 6.54 Å². The van der Waals surface area contributed by atoms with Gasteiger partial charge < -0.3 is 10.3 Å². The van der Waals surface area contributed by atoms with E-state index in [0.717, 1.165) is 36.3 Å². The molecule has 0 unspecified atom stereocenters. The number of nitrogens with zero attached hydrogens (tertiary/aromatic N) is 3. The topological polar surface area (TPSA) is 92.7 Å². The molecule has 0 radical (unpaired) electrons. The largest absolute Gasteiger partial charge is 0.351 e. The minimum atomic E-state index is -0.223. The fourth-order valence-electron chi connectivity index (χ4n) is 3.44. The van der Waals surface area contributed by atoms with E-state index >= 15 is 0 Å². The van der Waals surface area contributed by atoms with Crippen LogP contribution < -0.4 is 10.9 Å². The summed E-state index contributed by atoms with van der Waals surface area (Å²) in [5.41, 5.74) is 3.87. The smallest absolute Gasteiger partial charge is 0.251 e. The molecule has 0 saturated heterocycles. The summed E-state index contributed by atoms with van der Waals surface area (Å²) in [6, 6.07) is 10.7. The number of amides is 1. The third-order valence-corrected chi connectivity index (χ3v) is 5.27. The molecule has 1 amide bonds. The Hall–Kier alpha value is -3.22. The zero-order chi connectivity index (χ0) is 19.7. The molecule has 2 N–H and O–H groups in total. The van der Waals surface area contributed by atoms with Gasteiger partial charge in [-0.1, -0.05) is 12.1 Å². The fourth-order valence-corrected chi connectivity index (χ4v) is 3.44. The van der Waals surface area contributed by atoms with Gasteiger partial charge in [0, 0.05) is 41.4 Å². The molecule has 1 fully saturated rings. The summed E-state index contributed by atoms with van der Waals surface area (Å²) < 4.78 is 2.04. The lowest BCUT2D eigenvalue weighted by Gasteiger charge is -2.17. The number of carbonyl (C=O) groups is 1. The van der Waals surface area contributed by atoms with E-state index in [1.54, 1.807) is 18.2 Å². The number of nitrogens with one attached hydrogen (secondary N) is 2. The quantitative estimate of drug-likeness (QED) is 0.690. The Morgan fingerprint density at radius 1 is 1.25 bits per heavy atom. The summed E-state index contributed by atoms with van der Waals surface area (Å²) in [4.78, 5) is 30.8. The maximum atomic E-state index is 12.7. The molecule has 1 aliphatic rings. The van der Waals surface area contributed by atoms with E-state index in [-0.39, 0.29) is 16.9 Å². The van der Waals surface area contributed by atoms with Crippen molar-refractivity contribution >= 4 is 5.91 Å². The Kier molecular flexibility index (Phi) is 4.58. The molecule has 0 spiro atoms. The van der Waals surface area contributed by atoms with Gasteiger partial charge in [-0.05, 0) is 44.9 Å². The van der Waals surface area contributed by atoms with Crippen molar-refractivity contribution in [2.45, 2.75) is 33.2 Å². The number of aryl methyl sites for hydroxylation is 2. The predicted molar refractivity (Wildman–Crippen MR) is 106 cm³/mol. The highest BCUT2D eigenvalue weighted by Crippen LogP contribution is 2.46. The molecular weight excluding hydrogens is 354 g/mol. The van der Waals surface area contributed by atoms with Gasteiger partial charge >= 0.3 is 0 Å². The first-order valence-corrected chi connectivity index (χ1v) is 9.39. The second-order valence-corrected chi connectivity index (χ2v) is 7.64. The van der Waals surface area contributed by atoms with Crippen molar-refractivity contribution in [2.24, 2.45) is 5.41 Å². The molecule has 2 aromatic heterocycles. The van der Waals surface area contributed by atoms with Crippen molar-refractivity contribution in [3.63, 3.8) is 0 Å². The summed E-state index contributed by atoms with van der Waals surface area (Å²) in [5, 5.41) is 7.61. The molecule has 7 heteroatoms. The minimum absolute atomic E-state index is 0.0881. The van der Waals surface area contributed by atoms with Crippen LogP contribution >= 0.6 is 0 Å². The average Bonchev–Trinajstić information content (AvgIpc) is 3.38. The molecule has 3 aromatic rings. The summed E-state index contributed by atoms with van der Waals surface area (Å²) in [6.07, 6.45) is 3.53. The Morgan fingerprint density at radius 2 is 2.07 bits per heavy atom. The number of aromatic amines is 1. The number of aromatic nitrogens is 4. The van der Waals surface area contributed by atoms with Crippen LogP contribution in [0, 0.1) is 19.3 Å². The Balaban J connectivity index is 1.43. The van der Waals surface area contributed by atoms with Crippen LogP contribution in [0.5, 0.6) is 0 Å². The first-order valence-electron chi connectivity index (χ1n) is 9.39. The molecule has 0 aliphatic heterocycles. The lowest BCUT2D eigenvalue weighted by atomic mass is 10.1. The standard InChI is InChI=1S/C21H23N5O2/c1-14-8-15(2)26(25-14)12-21(6-7-21)11-22-20(28)17-5-3-4-16(9-17)18-10-19(27)24-13-23-18/h3-5,8-10,13H,6-7,11-12H2,1-2H3,(H,22,28)(H,23,24,27). The monoisotopic (exact) mass is 377 g/mol. The number of hydrogen-bond acceptors (Lipinski definition) is 4. The highest BCUT2D eigenvalue weighted by atomic mass is 16.1.